The van der Waals surface area contributed by atoms with Crippen LogP contribution in [0.15, 0.2) is 34.4 Å². The molecule has 3 heterocycles. The fourth-order valence-corrected chi connectivity index (χ4v) is 5.22. The number of ether oxygens (including phenoxy) is 1. The number of halogens is 1. The number of imidazole rings is 1. The van der Waals surface area contributed by atoms with Gasteiger partial charge in [0.15, 0.2) is 11.0 Å². The minimum absolute atomic E-state index is 0.115. The van der Waals surface area contributed by atoms with Crippen LogP contribution in [-0.4, -0.2) is 33.2 Å². The molecule has 8 heteroatoms. The van der Waals surface area contributed by atoms with Gasteiger partial charge in [-0.1, -0.05) is 11.8 Å². The summed E-state index contributed by atoms with van der Waals surface area (Å²) < 4.78 is 9.24. The van der Waals surface area contributed by atoms with Crippen LogP contribution in [0.2, 0.25) is 0 Å². The number of aromatic nitrogens is 3. The van der Waals surface area contributed by atoms with Gasteiger partial charge in [-0.25, -0.2) is 9.97 Å². The van der Waals surface area contributed by atoms with Crippen LogP contribution >= 0.6 is 34.4 Å². The summed E-state index contributed by atoms with van der Waals surface area (Å²) in [6.45, 7) is 9.13. The Balaban J connectivity index is 1.64. The largest absolute Gasteiger partial charge is 0.493 e. The second kappa shape index (κ2) is 8.31. The van der Waals surface area contributed by atoms with E-state index in [9.17, 15) is 0 Å². The topological polar surface area (TPSA) is 78.0 Å². The van der Waals surface area contributed by atoms with E-state index in [4.69, 9.17) is 15.5 Å². The summed E-state index contributed by atoms with van der Waals surface area (Å²) in [5, 5.41) is 4.49. The van der Waals surface area contributed by atoms with Gasteiger partial charge in [-0.05, 0) is 80.1 Å². The number of rotatable bonds is 6. The molecule has 0 radical (unpaired) electrons. The number of aryl methyl sites for hydroxylation is 1. The summed E-state index contributed by atoms with van der Waals surface area (Å²) in [6.07, 6.45) is 3.74. The molecule has 0 spiro atoms. The molecule has 1 aliphatic heterocycles. The highest BCUT2D eigenvalue weighted by Crippen LogP contribution is 2.39. The van der Waals surface area contributed by atoms with Gasteiger partial charge < -0.3 is 20.4 Å². The molecule has 0 amide bonds. The van der Waals surface area contributed by atoms with Crippen molar-refractivity contribution in [3.63, 3.8) is 0 Å². The molecule has 0 aliphatic carbocycles. The van der Waals surface area contributed by atoms with Crippen molar-refractivity contribution in [1.29, 1.82) is 0 Å². The molecule has 1 aromatic carbocycles. The molecule has 0 bridgehead atoms. The molecule has 0 saturated heterocycles. The summed E-state index contributed by atoms with van der Waals surface area (Å²) in [6, 6.07) is 6.36. The molecule has 3 N–H and O–H groups in total. The quantitative estimate of drug-likeness (QED) is 0.369. The van der Waals surface area contributed by atoms with Gasteiger partial charge in [0.2, 0.25) is 0 Å². The molecule has 3 aromatic rings. The van der Waals surface area contributed by atoms with Crippen molar-refractivity contribution in [3.05, 3.63) is 33.5 Å². The Morgan fingerprint density at radius 1 is 1.34 bits per heavy atom. The third-order valence-corrected chi connectivity index (χ3v) is 7.13. The summed E-state index contributed by atoms with van der Waals surface area (Å²) in [4.78, 5) is 10.2. The molecule has 2 aromatic heterocycles. The van der Waals surface area contributed by atoms with Crippen molar-refractivity contribution in [2.24, 2.45) is 0 Å². The maximum Gasteiger partial charge on any atom is 0.174 e. The zero-order valence-corrected chi connectivity index (χ0v) is 19.9. The van der Waals surface area contributed by atoms with Crippen LogP contribution in [0.1, 0.15) is 32.8 Å². The molecule has 0 atom stereocenters. The van der Waals surface area contributed by atoms with Crippen molar-refractivity contribution in [3.8, 4) is 5.75 Å². The highest BCUT2D eigenvalue weighted by molar-refractivity contribution is 14.1. The van der Waals surface area contributed by atoms with Crippen molar-refractivity contribution >= 4 is 51.2 Å². The van der Waals surface area contributed by atoms with E-state index in [1.165, 1.54) is 9.13 Å². The molecule has 0 unspecified atom stereocenters. The maximum absolute atomic E-state index is 6.12. The first-order valence-corrected chi connectivity index (χ1v) is 11.7. The fraction of sp³-hybridized carbons (Fsp3) is 0.429. The highest BCUT2D eigenvalue weighted by atomic mass is 124. The van der Waals surface area contributed by atoms with Crippen LogP contribution in [-0.2, 0) is 13.0 Å². The van der Waals surface area contributed by atoms with E-state index in [1.807, 2.05) is 6.07 Å². The van der Waals surface area contributed by atoms with E-state index in [2.05, 4.69) is 70.4 Å². The molecule has 6 nitrogen and oxygen atoms in total. The molecule has 0 saturated carbocycles. The van der Waals surface area contributed by atoms with Crippen molar-refractivity contribution in [1.82, 2.24) is 19.9 Å². The Morgan fingerprint density at radius 3 is 2.97 bits per heavy atom. The number of nitrogens with one attached hydrogen (secondary N) is 1. The summed E-state index contributed by atoms with van der Waals surface area (Å²) in [7, 11) is 0. The monoisotopic (exact) mass is 520 g/mol. The first kappa shape index (κ1) is 20.7. The van der Waals surface area contributed by atoms with Gasteiger partial charge >= 0.3 is 0 Å². The normalized spacial score (nSPS) is 13.7. The lowest BCUT2D eigenvalue weighted by Gasteiger charge is -2.20. The molecular formula is C21H26IN5OS. The predicted molar refractivity (Wildman–Crippen MR) is 127 cm³/mol. The third kappa shape index (κ3) is 4.64. The lowest BCUT2D eigenvalue weighted by atomic mass is 10.1. The number of anilines is 1. The minimum atomic E-state index is 0.115. The van der Waals surface area contributed by atoms with Crippen molar-refractivity contribution in [2.45, 2.75) is 55.7 Å². The number of pyridine rings is 1. The average Bonchev–Trinajstić information content (AvgIpc) is 3.23. The lowest BCUT2D eigenvalue weighted by Crippen LogP contribution is -2.36. The average molecular weight is 520 g/mol. The molecule has 4 rings (SSSR count). The zero-order valence-electron chi connectivity index (χ0n) is 17.0. The minimum Gasteiger partial charge on any atom is -0.493 e. The van der Waals surface area contributed by atoms with Crippen LogP contribution in [0.3, 0.4) is 0 Å². The number of fused-ring (bicyclic) bond motifs is 2. The van der Waals surface area contributed by atoms with E-state index in [0.29, 0.717) is 5.82 Å². The number of benzene rings is 1. The third-order valence-electron chi connectivity index (χ3n) is 4.82. The summed E-state index contributed by atoms with van der Waals surface area (Å²) in [5.74, 6) is 1.47. The molecular weight excluding hydrogens is 494 g/mol. The van der Waals surface area contributed by atoms with Crippen LogP contribution in [0.5, 0.6) is 5.75 Å². The van der Waals surface area contributed by atoms with Crippen LogP contribution in [0, 0.1) is 3.57 Å². The summed E-state index contributed by atoms with van der Waals surface area (Å²) >= 11 is 4.07. The van der Waals surface area contributed by atoms with E-state index in [-0.39, 0.29) is 5.54 Å². The molecule has 1 aliphatic rings. The van der Waals surface area contributed by atoms with E-state index in [0.717, 1.165) is 59.4 Å². The van der Waals surface area contributed by atoms with Gasteiger partial charge in [-0.15, -0.1) is 0 Å². The SMILES string of the molecule is CC(C)(C)NCCCn1c(Sc2cc3c(cc2[124I])CCO3)nc2c(N)nccc21. The number of hydrogen-bond acceptors (Lipinski definition) is 6. The van der Waals surface area contributed by atoms with Gasteiger partial charge in [0.1, 0.15) is 11.3 Å². The van der Waals surface area contributed by atoms with Crippen LogP contribution in [0.4, 0.5) is 5.82 Å². The Labute approximate surface area is 189 Å². The summed E-state index contributed by atoms with van der Waals surface area (Å²) in [5.41, 5.74) is 9.32. The van der Waals surface area contributed by atoms with E-state index < -0.39 is 0 Å². The number of nitrogen functional groups attached to an aromatic ring is 1. The Kier molecular flexibility index (Phi) is 5.94. The second-order valence-electron chi connectivity index (χ2n) is 8.23. The number of hydrogen-bond donors (Lipinski definition) is 2. The maximum atomic E-state index is 6.12. The standard InChI is InChI=1S/C21H26IN5OS/c1-21(2,3)25-7-4-9-27-15-5-8-24-19(23)18(15)26-20(27)29-17-12-16-13(6-10-28-16)11-14(17)22/h5,8,11-12,25H,4,6-7,9-10H2,1-3H3,(H2,23,24)/i22-3. The predicted octanol–water partition coefficient (Wildman–Crippen LogP) is 4.48. The highest BCUT2D eigenvalue weighted by Gasteiger charge is 2.19. The first-order valence-electron chi connectivity index (χ1n) is 9.80. The Morgan fingerprint density at radius 2 is 2.17 bits per heavy atom. The molecule has 154 valence electrons. The fourth-order valence-electron chi connectivity index (χ4n) is 3.40. The zero-order chi connectivity index (χ0) is 20.6. The van der Waals surface area contributed by atoms with Crippen molar-refractivity contribution < 1.29 is 4.74 Å². The Bertz CT molecular complexity index is 1040. The van der Waals surface area contributed by atoms with Gasteiger partial charge in [0.25, 0.3) is 0 Å². The molecule has 0 fully saturated rings. The number of nitrogens with two attached hydrogens (primary N) is 1. The molecule has 29 heavy (non-hydrogen) atoms. The first-order chi connectivity index (χ1) is 13.8. The van der Waals surface area contributed by atoms with E-state index >= 15 is 0 Å². The lowest BCUT2D eigenvalue weighted by molar-refractivity contribution is 0.356. The van der Waals surface area contributed by atoms with Crippen LogP contribution < -0.4 is 15.8 Å². The van der Waals surface area contributed by atoms with Crippen LogP contribution in [0.25, 0.3) is 11.0 Å². The van der Waals surface area contributed by atoms with Gasteiger partial charge in [-0.3, -0.25) is 0 Å². The second-order valence-corrected chi connectivity index (χ2v) is 10.4. The Hall–Kier alpha value is -1.52. The smallest absolute Gasteiger partial charge is 0.174 e. The van der Waals surface area contributed by atoms with E-state index in [1.54, 1.807) is 18.0 Å². The number of nitrogens with zero attached hydrogens (tertiary/aromatic N) is 3. The van der Waals surface area contributed by atoms with Gasteiger partial charge in [0.05, 0.1) is 12.1 Å². The van der Waals surface area contributed by atoms with Crippen molar-refractivity contribution in [2.75, 3.05) is 18.9 Å². The van der Waals surface area contributed by atoms with Gasteiger partial charge in [-0.2, -0.15) is 0 Å². The van der Waals surface area contributed by atoms with Gasteiger partial charge in [0, 0.05) is 33.2 Å².